The average molecular weight is 405 g/mol. The summed E-state index contributed by atoms with van der Waals surface area (Å²) in [6, 6.07) is 16.0. The molecule has 0 atom stereocenters. The number of aromatic nitrogens is 1. The van der Waals surface area contributed by atoms with Crippen LogP contribution in [0.25, 0.3) is 11.5 Å². The number of oxazole rings is 1. The lowest BCUT2D eigenvalue weighted by Crippen LogP contribution is -2.49. The Kier molecular flexibility index (Phi) is 5.86. The molecule has 1 aliphatic heterocycles. The third-order valence-corrected chi connectivity index (χ3v) is 5.49. The molecule has 156 valence electrons. The largest absolute Gasteiger partial charge is 0.441 e. The summed E-state index contributed by atoms with van der Waals surface area (Å²) in [5.74, 6) is 1.52. The first-order valence-electron chi connectivity index (χ1n) is 10.4. The number of urea groups is 1. The summed E-state index contributed by atoms with van der Waals surface area (Å²) in [6.45, 7) is 9.79. The van der Waals surface area contributed by atoms with Gasteiger partial charge >= 0.3 is 6.03 Å². The number of hydrogen-bond donors (Lipinski definition) is 1. The number of aryl methyl sites for hydroxylation is 3. The number of amides is 2. The Morgan fingerprint density at radius 1 is 1.00 bits per heavy atom. The van der Waals surface area contributed by atoms with Crippen LogP contribution in [0.2, 0.25) is 0 Å². The summed E-state index contributed by atoms with van der Waals surface area (Å²) in [7, 11) is 0. The molecule has 1 aromatic heterocycles. The number of rotatable bonds is 4. The van der Waals surface area contributed by atoms with Gasteiger partial charge in [-0.3, -0.25) is 4.90 Å². The molecule has 0 unspecified atom stereocenters. The van der Waals surface area contributed by atoms with Crippen molar-refractivity contribution in [3.05, 3.63) is 71.1 Å². The van der Waals surface area contributed by atoms with Gasteiger partial charge in [-0.1, -0.05) is 29.8 Å². The summed E-state index contributed by atoms with van der Waals surface area (Å²) < 4.78 is 5.91. The average Bonchev–Trinajstić information content (AvgIpc) is 3.09. The van der Waals surface area contributed by atoms with Gasteiger partial charge in [0.05, 0.1) is 5.69 Å². The molecule has 1 N–H and O–H groups in total. The molecule has 6 nitrogen and oxygen atoms in total. The zero-order chi connectivity index (χ0) is 21.1. The number of carbonyl (C=O) groups excluding carboxylic acids is 1. The molecule has 3 aromatic rings. The van der Waals surface area contributed by atoms with Gasteiger partial charge in [0.1, 0.15) is 5.76 Å². The molecule has 1 aliphatic rings. The summed E-state index contributed by atoms with van der Waals surface area (Å²) in [6.07, 6.45) is 0. The van der Waals surface area contributed by atoms with E-state index in [1.165, 1.54) is 5.56 Å². The second-order valence-corrected chi connectivity index (χ2v) is 7.95. The van der Waals surface area contributed by atoms with Gasteiger partial charge in [-0.2, -0.15) is 0 Å². The van der Waals surface area contributed by atoms with Crippen molar-refractivity contribution in [3.8, 4) is 11.5 Å². The van der Waals surface area contributed by atoms with E-state index in [1.54, 1.807) is 0 Å². The lowest BCUT2D eigenvalue weighted by Gasteiger charge is -2.34. The predicted octanol–water partition coefficient (Wildman–Crippen LogP) is 4.62. The standard InChI is InChI=1S/C24H28N4O2/c1-17-7-9-20(10-8-17)23-26-22(19(3)30-23)16-27-11-13-28(14-12-27)24(29)25-21-6-4-5-18(2)15-21/h4-10,15H,11-14,16H2,1-3H3,(H,25,29). The number of carbonyl (C=O) groups is 1. The lowest BCUT2D eigenvalue weighted by molar-refractivity contribution is 0.141. The van der Waals surface area contributed by atoms with Gasteiger partial charge in [0.2, 0.25) is 5.89 Å². The Morgan fingerprint density at radius 2 is 1.73 bits per heavy atom. The highest BCUT2D eigenvalue weighted by Crippen LogP contribution is 2.23. The predicted molar refractivity (Wildman–Crippen MR) is 118 cm³/mol. The van der Waals surface area contributed by atoms with E-state index < -0.39 is 0 Å². The molecule has 30 heavy (non-hydrogen) atoms. The van der Waals surface area contributed by atoms with Crippen molar-refractivity contribution >= 4 is 11.7 Å². The quantitative estimate of drug-likeness (QED) is 0.689. The van der Waals surface area contributed by atoms with Gasteiger partial charge in [0.15, 0.2) is 0 Å². The Labute approximate surface area is 177 Å². The van der Waals surface area contributed by atoms with Crippen molar-refractivity contribution in [3.63, 3.8) is 0 Å². The van der Waals surface area contributed by atoms with E-state index in [2.05, 4.69) is 29.3 Å². The minimum absolute atomic E-state index is 0.0421. The number of hydrogen-bond acceptors (Lipinski definition) is 4. The van der Waals surface area contributed by atoms with Gasteiger partial charge in [0, 0.05) is 44.0 Å². The fourth-order valence-corrected chi connectivity index (χ4v) is 3.64. The number of benzene rings is 2. The van der Waals surface area contributed by atoms with Gasteiger partial charge in [-0.15, -0.1) is 0 Å². The molecule has 0 bridgehead atoms. The molecule has 0 aliphatic carbocycles. The third kappa shape index (κ3) is 4.71. The van der Waals surface area contributed by atoms with Crippen LogP contribution in [-0.4, -0.2) is 47.0 Å². The minimum atomic E-state index is -0.0421. The number of nitrogens with one attached hydrogen (secondary N) is 1. The fourth-order valence-electron chi connectivity index (χ4n) is 3.64. The highest BCUT2D eigenvalue weighted by atomic mass is 16.4. The summed E-state index contributed by atoms with van der Waals surface area (Å²) in [4.78, 5) is 21.5. The Bertz CT molecular complexity index is 1020. The molecule has 0 spiro atoms. The Hall–Kier alpha value is -3.12. The SMILES string of the molecule is Cc1ccc(-c2nc(CN3CCN(C(=O)Nc4cccc(C)c4)CC3)c(C)o2)cc1. The van der Waals surface area contributed by atoms with Crippen LogP contribution in [0.15, 0.2) is 52.9 Å². The molecule has 0 saturated carbocycles. The maximum atomic E-state index is 12.6. The highest BCUT2D eigenvalue weighted by molar-refractivity contribution is 5.89. The normalized spacial score (nSPS) is 14.7. The summed E-state index contributed by atoms with van der Waals surface area (Å²) in [5, 5.41) is 2.99. The second-order valence-electron chi connectivity index (χ2n) is 7.95. The van der Waals surface area contributed by atoms with Crippen molar-refractivity contribution in [1.29, 1.82) is 0 Å². The van der Waals surface area contributed by atoms with E-state index in [1.807, 2.05) is 55.1 Å². The maximum absolute atomic E-state index is 12.6. The van der Waals surface area contributed by atoms with Gasteiger partial charge in [-0.25, -0.2) is 9.78 Å². The van der Waals surface area contributed by atoms with Crippen LogP contribution in [-0.2, 0) is 6.54 Å². The number of piperazine rings is 1. The van der Waals surface area contributed by atoms with E-state index in [0.717, 1.165) is 47.9 Å². The lowest BCUT2D eigenvalue weighted by atomic mass is 10.1. The van der Waals surface area contributed by atoms with Crippen LogP contribution in [0.3, 0.4) is 0 Å². The molecule has 2 heterocycles. The monoisotopic (exact) mass is 404 g/mol. The van der Waals surface area contributed by atoms with Crippen molar-refractivity contribution in [2.75, 3.05) is 31.5 Å². The summed E-state index contributed by atoms with van der Waals surface area (Å²) >= 11 is 0. The Balaban J connectivity index is 1.32. The zero-order valence-electron chi connectivity index (χ0n) is 17.8. The maximum Gasteiger partial charge on any atom is 0.321 e. The van der Waals surface area contributed by atoms with E-state index >= 15 is 0 Å². The van der Waals surface area contributed by atoms with E-state index in [9.17, 15) is 4.79 Å². The molecule has 2 aromatic carbocycles. The second kappa shape index (κ2) is 8.71. The minimum Gasteiger partial charge on any atom is -0.441 e. The van der Waals surface area contributed by atoms with Crippen molar-refractivity contribution < 1.29 is 9.21 Å². The van der Waals surface area contributed by atoms with Crippen LogP contribution in [0.4, 0.5) is 10.5 Å². The smallest absolute Gasteiger partial charge is 0.321 e. The van der Waals surface area contributed by atoms with Gasteiger partial charge in [0.25, 0.3) is 0 Å². The molecular formula is C24H28N4O2. The molecule has 1 saturated heterocycles. The van der Waals surface area contributed by atoms with Gasteiger partial charge in [-0.05, 0) is 50.6 Å². The van der Waals surface area contributed by atoms with Crippen molar-refractivity contribution in [1.82, 2.24) is 14.8 Å². The van der Waals surface area contributed by atoms with Crippen LogP contribution in [0, 0.1) is 20.8 Å². The van der Waals surface area contributed by atoms with Crippen molar-refractivity contribution in [2.45, 2.75) is 27.3 Å². The molecular weight excluding hydrogens is 376 g/mol. The van der Waals surface area contributed by atoms with E-state index in [0.29, 0.717) is 19.0 Å². The first-order chi connectivity index (χ1) is 14.5. The van der Waals surface area contributed by atoms with Crippen LogP contribution in [0.1, 0.15) is 22.6 Å². The number of anilines is 1. The van der Waals surface area contributed by atoms with E-state index in [4.69, 9.17) is 9.40 Å². The first kappa shape index (κ1) is 20.2. The first-order valence-corrected chi connectivity index (χ1v) is 10.4. The summed E-state index contributed by atoms with van der Waals surface area (Å²) in [5.41, 5.74) is 5.14. The molecule has 4 rings (SSSR count). The van der Waals surface area contributed by atoms with Crippen LogP contribution >= 0.6 is 0 Å². The Morgan fingerprint density at radius 3 is 2.43 bits per heavy atom. The fraction of sp³-hybridized carbons (Fsp3) is 0.333. The zero-order valence-corrected chi connectivity index (χ0v) is 17.8. The molecule has 0 radical (unpaired) electrons. The van der Waals surface area contributed by atoms with Crippen molar-refractivity contribution in [2.24, 2.45) is 0 Å². The molecule has 1 fully saturated rings. The molecule has 2 amide bonds. The third-order valence-electron chi connectivity index (χ3n) is 5.49. The van der Waals surface area contributed by atoms with E-state index in [-0.39, 0.29) is 6.03 Å². The molecule has 6 heteroatoms. The number of nitrogens with zero attached hydrogens (tertiary/aromatic N) is 3. The highest BCUT2D eigenvalue weighted by Gasteiger charge is 2.23. The topological polar surface area (TPSA) is 61.6 Å². The van der Waals surface area contributed by atoms with Crippen LogP contribution in [0.5, 0.6) is 0 Å². The van der Waals surface area contributed by atoms with Gasteiger partial charge < -0.3 is 14.6 Å². The van der Waals surface area contributed by atoms with Crippen LogP contribution < -0.4 is 5.32 Å².